The third kappa shape index (κ3) is 3.56. The lowest BCUT2D eigenvalue weighted by Gasteiger charge is -2.30. The lowest BCUT2D eigenvalue weighted by molar-refractivity contribution is 0.398. The molecule has 1 N–H and O–H groups in total. The lowest BCUT2D eigenvalue weighted by atomic mass is 10.0. The Kier molecular flexibility index (Phi) is 4.96. The molecular weight excluding hydrogens is 240 g/mol. The lowest BCUT2D eigenvalue weighted by Crippen LogP contribution is -2.46. The van der Waals surface area contributed by atoms with Crippen LogP contribution in [-0.4, -0.2) is 35.2 Å². The molecule has 1 aliphatic rings. The standard InChI is InChI=1S/C14H24N4O/c1-3-9-18(11-12-6-4-5-7-15-12)13-14(19)17(2)10-8-16-13/h8,10,12,15H,3-7,9,11H2,1-2H3. The van der Waals surface area contributed by atoms with Gasteiger partial charge in [-0.15, -0.1) is 0 Å². The van der Waals surface area contributed by atoms with Gasteiger partial charge in [0, 0.05) is 38.6 Å². The highest BCUT2D eigenvalue weighted by Gasteiger charge is 2.19. The van der Waals surface area contributed by atoms with Crippen molar-refractivity contribution in [2.75, 3.05) is 24.5 Å². The molecule has 0 saturated carbocycles. The number of anilines is 1. The smallest absolute Gasteiger partial charge is 0.293 e. The van der Waals surface area contributed by atoms with E-state index in [1.54, 1.807) is 24.0 Å². The molecule has 1 atom stereocenters. The molecule has 0 bridgehead atoms. The average Bonchev–Trinajstić information content (AvgIpc) is 2.43. The van der Waals surface area contributed by atoms with Crippen LogP contribution in [0.2, 0.25) is 0 Å². The summed E-state index contributed by atoms with van der Waals surface area (Å²) in [6.45, 7) is 4.98. The van der Waals surface area contributed by atoms with Gasteiger partial charge in [0.1, 0.15) is 0 Å². The van der Waals surface area contributed by atoms with Crippen LogP contribution < -0.4 is 15.8 Å². The Balaban J connectivity index is 2.14. The molecule has 1 saturated heterocycles. The highest BCUT2D eigenvalue weighted by Crippen LogP contribution is 2.12. The van der Waals surface area contributed by atoms with E-state index >= 15 is 0 Å². The van der Waals surface area contributed by atoms with Crippen molar-refractivity contribution >= 4 is 5.82 Å². The van der Waals surface area contributed by atoms with E-state index in [9.17, 15) is 4.79 Å². The minimum absolute atomic E-state index is 0.00763. The highest BCUT2D eigenvalue weighted by molar-refractivity contribution is 5.35. The van der Waals surface area contributed by atoms with Crippen LogP contribution in [0.15, 0.2) is 17.2 Å². The zero-order chi connectivity index (χ0) is 13.7. The second-order valence-corrected chi connectivity index (χ2v) is 5.26. The maximum absolute atomic E-state index is 12.2. The molecule has 2 rings (SSSR count). The van der Waals surface area contributed by atoms with Crippen LogP contribution in [0.4, 0.5) is 5.82 Å². The second kappa shape index (κ2) is 6.70. The molecule has 5 heteroatoms. The minimum atomic E-state index is -0.00763. The summed E-state index contributed by atoms with van der Waals surface area (Å²) < 4.78 is 1.60. The number of piperidine rings is 1. The summed E-state index contributed by atoms with van der Waals surface area (Å²) >= 11 is 0. The fraction of sp³-hybridized carbons (Fsp3) is 0.714. The first-order chi connectivity index (χ1) is 9.22. The molecule has 106 valence electrons. The topological polar surface area (TPSA) is 50.2 Å². The largest absolute Gasteiger partial charge is 0.350 e. The summed E-state index contributed by atoms with van der Waals surface area (Å²) in [7, 11) is 1.77. The van der Waals surface area contributed by atoms with Crippen LogP contribution in [0, 0.1) is 0 Å². The summed E-state index contributed by atoms with van der Waals surface area (Å²) in [4.78, 5) is 18.6. The molecule has 1 unspecified atom stereocenters. The third-order valence-electron chi connectivity index (χ3n) is 3.64. The number of aromatic nitrogens is 2. The van der Waals surface area contributed by atoms with Crippen LogP contribution in [0.25, 0.3) is 0 Å². The monoisotopic (exact) mass is 264 g/mol. The summed E-state index contributed by atoms with van der Waals surface area (Å²) in [6.07, 6.45) is 8.15. The molecule has 0 aliphatic carbocycles. The Morgan fingerprint density at radius 1 is 1.53 bits per heavy atom. The Labute approximate surface area is 114 Å². The first-order valence-electron chi connectivity index (χ1n) is 7.22. The van der Waals surface area contributed by atoms with Gasteiger partial charge in [-0.2, -0.15) is 0 Å². The van der Waals surface area contributed by atoms with Crippen molar-refractivity contribution in [1.82, 2.24) is 14.9 Å². The number of hydrogen-bond acceptors (Lipinski definition) is 4. The third-order valence-corrected chi connectivity index (χ3v) is 3.64. The van der Waals surface area contributed by atoms with E-state index in [2.05, 4.69) is 22.1 Å². The van der Waals surface area contributed by atoms with Crippen molar-refractivity contribution in [2.45, 2.75) is 38.6 Å². The van der Waals surface area contributed by atoms with Gasteiger partial charge in [0.25, 0.3) is 5.56 Å². The van der Waals surface area contributed by atoms with Gasteiger partial charge in [-0.25, -0.2) is 4.98 Å². The van der Waals surface area contributed by atoms with Gasteiger partial charge in [0.15, 0.2) is 5.82 Å². The molecule has 0 spiro atoms. The first-order valence-corrected chi connectivity index (χ1v) is 7.22. The van der Waals surface area contributed by atoms with Crippen molar-refractivity contribution in [2.24, 2.45) is 7.05 Å². The number of hydrogen-bond donors (Lipinski definition) is 1. The van der Waals surface area contributed by atoms with Crippen LogP contribution in [-0.2, 0) is 7.05 Å². The molecule has 5 nitrogen and oxygen atoms in total. The number of rotatable bonds is 5. The molecule has 19 heavy (non-hydrogen) atoms. The Bertz CT molecular complexity index is 451. The normalized spacial score (nSPS) is 19.4. The Morgan fingerprint density at radius 2 is 2.37 bits per heavy atom. The van der Waals surface area contributed by atoms with E-state index in [0.29, 0.717) is 11.9 Å². The van der Waals surface area contributed by atoms with E-state index in [1.807, 2.05) is 0 Å². The molecule has 0 radical (unpaired) electrons. The van der Waals surface area contributed by atoms with Crippen molar-refractivity contribution in [3.8, 4) is 0 Å². The molecule has 1 aromatic heterocycles. The predicted molar refractivity (Wildman–Crippen MR) is 77.6 cm³/mol. The van der Waals surface area contributed by atoms with Gasteiger partial charge in [0.05, 0.1) is 0 Å². The molecule has 0 aromatic carbocycles. The van der Waals surface area contributed by atoms with Gasteiger partial charge >= 0.3 is 0 Å². The zero-order valence-corrected chi connectivity index (χ0v) is 11.9. The first kappa shape index (κ1) is 14.1. The van der Waals surface area contributed by atoms with Crippen molar-refractivity contribution < 1.29 is 0 Å². The van der Waals surface area contributed by atoms with Gasteiger partial charge in [-0.1, -0.05) is 13.3 Å². The maximum atomic E-state index is 12.2. The van der Waals surface area contributed by atoms with Gasteiger partial charge < -0.3 is 14.8 Å². The SMILES string of the molecule is CCCN(CC1CCCCN1)c1nccn(C)c1=O. The Hall–Kier alpha value is -1.36. The highest BCUT2D eigenvalue weighted by atomic mass is 16.1. The van der Waals surface area contributed by atoms with Crippen LogP contribution in [0.5, 0.6) is 0 Å². The van der Waals surface area contributed by atoms with Gasteiger partial charge in [-0.3, -0.25) is 4.79 Å². The number of aryl methyl sites for hydroxylation is 1. The number of nitrogens with one attached hydrogen (secondary N) is 1. The van der Waals surface area contributed by atoms with Crippen molar-refractivity contribution in [3.05, 3.63) is 22.7 Å². The van der Waals surface area contributed by atoms with Gasteiger partial charge in [0.2, 0.25) is 0 Å². The van der Waals surface area contributed by atoms with E-state index < -0.39 is 0 Å². The molecule has 1 aliphatic heterocycles. The minimum Gasteiger partial charge on any atom is -0.350 e. The average molecular weight is 264 g/mol. The summed E-state index contributed by atoms with van der Waals surface area (Å²) in [5, 5.41) is 3.53. The van der Waals surface area contributed by atoms with Gasteiger partial charge in [-0.05, 0) is 25.8 Å². The van der Waals surface area contributed by atoms with E-state index in [-0.39, 0.29) is 5.56 Å². The zero-order valence-electron chi connectivity index (χ0n) is 11.9. The summed E-state index contributed by atoms with van der Waals surface area (Å²) in [5.41, 5.74) is -0.00763. The summed E-state index contributed by atoms with van der Waals surface area (Å²) in [6, 6.07) is 0.479. The molecular formula is C14H24N4O. The van der Waals surface area contributed by atoms with E-state index in [4.69, 9.17) is 0 Å². The van der Waals surface area contributed by atoms with Crippen LogP contribution in [0.1, 0.15) is 32.6 Å². The maximum Gasteiger partial charge on any atom is 0.293 e. The second-order valence-electron chi connectivity index (χ2n) is 5.26. The predicted octanol–water partition coefficient (Wildman–Crippen LogP) is 1.14. The quantitative estimate of drug-likeness (QED) is 0.866. The van der Waals surface area contributed by atoms with Crippen molar-refractivity contribution in [3.63, 3.8) is 0 Å². The fourth-order valence-corrected chi connectivity index (χ4v) is 2.60. The fourth-order valence-electron chi connectivity index (χ4n) is 2.60. The number of nitrogens with zero attached hydrogens (tertiary/aromatic N) is 3. The van der Waals surface area contributed by atoms with Crippen molar-refractivity contribution in [1.29, 1.82) is 0 Å². The van der Waals surface area contributed by atoms with E-state index in [1.165, 1.54) is 19.3 Å². The molecule has 1 aromatic rings. The van der Waals surface area contributed by atoms with Crippen LogP contribution in [0.3, 0.4) is 0 Å². The van der Waals surface area contributed by atoms with E-state index in [0.717, 1.165) is 26.1 Å². The molecule has 1 fully saturated rings. The molecule has 2 heterocycles. The Morgan fingerprint density at radius 3 is 3.05 bits per heavy atom. The van der Waals surface area contributed by atoms with Crippen LogP contribution >= 0.6 is 0 Å². The molecule has 0 amide bonds. The summed E-state index contributed by atoms with van der Waals surface area (Å²) in [5.74, 6) is 0.583.